The second kappa shape index (κ2) is 5.00. The van der Waals surface area contributed by atoms with E-state index in [9.17, 15) is 4.39 Å². The number of aromatic nitrogens is 4. The lowest BCUT2D eigenvalue weighted by molar-refractivity contribution is 0.630. The maximum absolute atomic E-state index is 13.7. The molecule has 0 spiro atoms. The van der Waals surface area contributed by atoms with E-state index in [2.05, 4.69) is 10.2 Å². The minimum atomic E-state index is -0.330. The van der Waals surface area contributed by atoms with E-state index in [1.807, 2.05) is 19.9 Å². The van der Waals surface area contributed by atoms with Gasteiger partial charge < -0.3 is 0 Å². The maximum atomic E-state index is 13.7. The highest BCUT2D eigenvalue weighted by Gasteiger charge is 2.08. The molecule has 3 aromatic rings. The molecule has 0 N–H and O–H groups in total. The molecule has 2 aromatic heterocycles. The Hall–Kier alpha value is -2.17. The summed E-state index contributed by atoms with van der Waals surface area (Å²) in [6.45, 7) is 4.00. The molecule has 0 amide bonds. The van der Waals surface area contributed by atoms with Crippen molar-refractivity contribution in [1.29, 1.82) is 0 Å². The summed E-state index contributed by atoms with van der Waals surface area (Å²) in [7, 11) is 1.77. The summed E-state index contributed by atoms with van der Waals surface area (Å²) in [5.74, 6) is -0.330. The fourth-order valence-electron chi connectivity index (χ4n) is 1.75. The number of hydrogen-bond donors (Lipinski definition) is 0. The lowest BCUT2D eigenvalue weighted by Crippen LogP contribution is -1.95. The quantitative estimate of drug-likeness (QED) is 0.661. The second-order valence-electron chi connectivity index (χ2n) is 3.62. The lowest BCUT2D eigenvalue weighted by Gasteiger charge is -2.01. The third-order valence-corrected chi connectivity index (χ3v) is 2.43. The first-order valence-electron chi connectivity index (χ1n) is 5.87. The molecule has 18 heavy (non-hydrogen) atoms. The summed E-state index contributed by atoms with van der Waals surface area (Å²) in [4.78, 5) is 0. The van der Waals surface area contributed by atoms with Crippen molar-refractivity contribution < 1.29 is 4.39 Å². The van der Waals surface area contributed by atoms with Gasteiger partial charge in [0.05, 0.1) is 5.69 Å². The van der Waals surface area contributed by atoms with Crippen molar-refractivity contribution in [2.45, 2.75) is 13.8 Å². The molecule has 94 valence electrons. The fraction of sp³-hybridized carbons (Fsp3) is 0.231. The Morgan fingerprint density at radius 1 is 1.22 bits per heavy atom. The molecule has 0 aliphatic carbocycles. The first-order chi connectivity index (χ1) is 8.74. The molecule has 0 aliphatic heterocycles. The Bertz CT molecular complexity index is 640. The average molecular weight is 246 g/mol. The highest BCUT2D eigenvalue weighted by atomic mass is 19.1. The van der Waals surface area contributed by atoms with Crippen molar-refractivity contribution in [2.75, 3.05) is 0 Å². The molecule has 0 saturated carbocycles. The van der Waals surface area contributed by atoms with Gasteiger partial charge in [0.1, 0.15) is 5.52 Å². The molecule has 0 fully saturated rings. The zero-order chi connectivity index (χ0) is 13.1. The van der Waals surface area contributed by atoms with Gasteiger partial charge in [0, 0.05) is 37.1 Å². The van der Waals surface area contributed by atoms with E-state index >= 15 is 0 Å². The molecule has 5 heteroatoms. The summed E-state index contributed by atoms with van der Waals surface area (Å²) in [6, 6.07) is 5.09. The summed E-state index contributed by atoms with van der Waals surface area (Å²) in [5, 5.41) is 8.88. The number of aryl methyl sites for hydroxylation is 1. The van der Waals surface area contributed by atoms with Crippen LogP contribution in [0, 0.1) is 5.82 Å². The topological polar surface area (TPSA) is 35.6 Å². The minimum absolute atomic E-state index is 0.330. The van der Waals surface area contributed by atoms with Gasteiger partial charge in [-0.3, -0.25) is 4.68 Å². The van der Waals surface area contributed by atoms with Crippen LogP contribution in [0.5, 0.6) is 0 Å². The summed E-state index contributed by atoms with van der Waals surface area (Å²) in [6.07, 6.45) is 5.22. The normalized spacial score (nSPS) is 10.2. The van der Waals surface area contributed by atoms with Crippen molar-refractivity contribution in [3.8, 4) is 5.69 Å². The van der Waals surface area contributed by atoms with Crippen molar-refractivity contribution >= 4 is 10.9 Å². The van der Waals surface area contributed by atoms with E-state index < -0.39 is 0 Å². The van der Waals surface area contributed by atoms with Gasteiger partial charge in [-0.2, -0.15) is 10.2 Å². The Balaban J connectivity index is 0.000000574. The monoisotopic (exact) mass is 246 g/mol. The Morgan fingerprint density at radius 2 is 2.00 bits per heavy atom. The van der Waals surface area contributed by atoms with Gasteiger partial charge in [-0.25, -0.2) is 9.07 Å². The van der Waals surface area contributed by atoms with Crippen molar-refractivity contribution in [3.63, 3.8) is 0 Å². The number of benzene rings is 1. The zero-order valence-corrected chi connectivity index (χ0v) is 10.6. The molecular formula is C13H15FN4. The standard InChI is InChI=1S/C11H9FN4.C2H6/c1-15-7-8-5-9(16-4-2-3-13-16)6-10(12)11(8)14-15;1-2/h2-7H,1H3;1-2H3. The third-order valence-electron chi connectivity index (χ3n) is 2.43. The van der Waals surface area contributed by atoms with Crippen LogP contribution in [0.2, 0.25) is 0 Å². The SMILES string of the molecule is CC.Cn1cc2cc(-n3cccn3)cc(F)c2n1. The van der Waals surface area contributed by atoms with Crippen LogP contribution in [-0.2, 0) is 7.05 Å². The minimum Gasteiger partial charge on any atom is -0.274 e. The van der Waals surface area contributed by atoms with Crippen LogP contribution in [0.1, 0.15) is 13.8 Å². The second-order valence-corrected chi connectivity index (χ2v) is 3.62. The Labute approximate surface area is 105 Å². The van der Waals surface area contributed by atoms with Gasteiger partial charge in [0.25, 0.3) is 0 Å². The van der Waals surface area contributed by atoms with E-state index in [0.29, 0.717) is 11.2 Å². The first kappa shape index (κ1) is 12.3. The predicted octanol–water partition coefficient (Wildman–Crippen LogP) is 2.92. The van der Waals surface area contributed by atoms with Crippen molar-refractivity contribution in [1.82, 2.24) is 19.6 Å². The molecule has 0 bridgehead atoms. The number of fused-ring (bicyclic) bond motifs is 1. The lowest BCUT2D eigenvalue weighted by atomic mass is 10.2. The van der Waals surface area contributed by atoms with Crippen LogP contribution < -0.4 is 0 Å². The predicted molar refractivity (Wildman–Crippen MR) is 69.1 cm³/mol. The van der Waals surface area contributed by atoms with Gasteiger partial charge in [-0.05, 0) is 12.1 Å². The molecule has 0 saturated heterocycles. The van der Waals surface area contributed by atoms with E-state index in [1.165, 1.54) is 6.07 Å². The summed E-state index contributed by atoms with van der Waals surface area (Å²) >= 11 is 0. The average Bonchev–Trinajstić information content (AvgIpc) is 2.99. The van der Waals surface area contributed by atoms with Gasteiger partial charge in [-0.1, -0.05) is 13.8 Å². The van der Waals surface area contributed by atoms with E-state index in [1.54, 1.807) is 41.1 Å². The number of rotatable bonds is 1. The maximum Gasteiger partial charge on any atom is 0.153 e. The molecule has 2 heterocycles. The summed E-state index contributed by atoms with van der Waals surface area (Å²) < 4.78 is 17.0. The van der Waals surface area contributed by atoms with Crippen LogP contribution in [0.3, 0.4) is 0 Å². The number of halogens is 1. The van der Waals surface area contributed by atoms with E-state index in [-0.39, 0.29) is 5.82 Å². The van der Waals surface area contributed by atoms with Crippen LogP contribution in [0.4, 0.5) is 4.39 Å². The van der Waals surface area contributed by atoms with Crippen LogP contribution in [0.25, 0.3) is 16.6 Å². The fourth-order valence-corrected chi connectivity index (χ4v) is 1.75. The zero-order valence-electron chi connectivity index (χ0n) is 10.6. The van der Waals surface area contributed by atoms with Gasteiger partial charge in [0.15, 0.2) is 5.82 Å². The molecular weight excluding hydrogens is 231 g/mol. The van der Waals surface area contributed by atoms with Crippen molar-refractivity contribution in [2.24, 2.45) is 7.05 Å². The molecule has 4 nitrogen and oxygen atoms in total. The molecule has 3 rings (SSSR count). The number of nitrogens with zero attached hydrogens (tertiary/aromatic N) is 4. The molecule has 0 radical (unpaired) electrons. The van der Waals surface area contributed by atoms with E-state index in [0.717, 1.165) is 5.39 Å². The number of hydrogen-bond acceptors (Lipinski definition) is 2. The third kappa shape index (κ3) is 2.11. The first-order valence-corrected chi connectivity index (χ1v) is 5.87. The van der Waals surface area contributed by atoms with Crippen LogP contribution >= 0.6 is 0 Å². The Kier molecular flexibility index (Phi) is 3.41. The van der Waals surface area contributed by atoms with Crippen LogP contribution in [-0.4, -0.2) is 19.6 Å². The highest BCUT2D eigenvalue weighted by Crippen LogP contribution is 2.20. The summed E-state index contributed by atoms with van der Waals surface area (Å²) in [5.41, 5.74) is 1.08. The smallest absolute Gasteiger partial charge is 0.153 e. The van der Waals surface area contributed by atoms with Crippen molar-refractivity contribution in [3.05, 3.63) is 42.6 Å². The van der Waals surface area contributed by atoms with Gasteiger partial charge in [-0.15, -0.1) is 0 Å². The largest absolute Gasteiger partial charge is 0.274 e. The Morgan fingerprint density at radius 3 is 2.67 bits per heavy atom. The highest BCUT2D eigenvalue weighted by molar-refractivity contribution is 5.81. The molecule has 0 atom stereocenters. The van der Waals surface area contributed by atoms with Crippen LogP contribution in [0.15, 0.2) is 36.8 Å². The molecule has 0 unspecified atom stereocenters. The molecule has 0 aliphatic rings. The van der Waals surface area contributed by atoms with Gasteiger partial charge >= 0.3 is 0 Å². The van der Waals surface area contributed by atoms with Gasteiger partial charge in [0.2, 0.25) is 0 Å². The molecule has 1 aromatic carbocycles. The van der Waals surface area contributed by atoms with E-state index in [4.69, 9.17) is 0 Å².